The summed E-state index contributed by atoms with van der Waals surface area (Å²) in [7, 11) is 4.24. The first kappa shape index (κ1) is 9.27. The van der Waals surface area contributed by atoms with E-state index in [-0.39, 0.29) is 6.61 Å². The zero-order valence-electron chi connectivity index (χ0n) is 6.42. The lowest BCUT2D eigenvalue weighted by Crippen LogP contribution is -2.41. The number of rotatable bonds is 4. The standard InChI is InChI=1S/C6H16NOS/c1-7(2,4-5-8)6-9-3/h8H,4-6H2,1-3H3/q+1. The summed E-state index contributed by atoms with van der Waals surface area (Å²) in [6.07, 6.45) is 2.08. The third-order valence-electron chi connectivity index (χ3n) is 1.18. The highest BCUT2D eigenvalue weighted by Crippen LogP contribution is 2.03. The van der Waals surface area contributed by atoms with E-state index in [0.717, 1.165) is 16.9 Å². The SMILES string of the molecule is CSC[N+](C)(C)CCO. The monoisotopic (exact) mass is 150 g/mol. The molecule has 0 fully saturated rings. The van der Waals surface area contributed by atoms with Gasteiger partial charge in [0.2, 0.25) is 0 Å². The average Bonchev–Trinajstić information content (AvgIpc) is 1.64. The van der Waals surface area contributed by atoms with Gasteiger partial charge in [0.15, 0.2) is 0 Å². The van der Waals surface area contributed by atoms with Crippen LogP contribution in [-0.4, -0.2) is 49.0 Å². The Morgan fingerprint density at radius 2 is 2.00 bits per heavy atom. The summed E-state index contributed by atoms with van der Waals surface area (Å²) in [6, 6.07) is 0. The third kappa shape index (κ3) is 4.75. The molecule has 0 radical (unpaired) electrons. The van der Waals surface area contributed by atoms with E-state index < -0.39 is 0 Å². The van der Waals surface area contributed by atoms with Crippen molar-refractivity contribution < 1.29 is 9.59 Å². The van der Waals surface area contributed by atoms with Gasteiger partial charge in [-0.2, -0.15) is 0 Å². The Morgan fingerprint density at radius 3 is 2.33 bits per heavy atom. The predicted molar refractivity (Wildman–Crippen MR) is 42.4 cm³/mol. The summed E-state index contributed by atoms with van der Waals surface area (Å²) in [6.45, 7) is 1.13. The molecule has 0 spiro atoms. The van der Waals surface area contributed by atoms with E-state index in [1.807, 2.05) is 11.8 Å². The van der Waals surface area contributed by atoms with Gasteiger partial charge in [0.25, 0.3) is 0 Å². The fraction of sp³-hybridized carbons (Fsp3) is 1.00. The van der Waals surface area contributed by atoms with E-state index >= 15 is 0 Å². The summed E-state index contributed by atoms with van der Waals surface area (Å²) in [5.74, 6) is 1.07. The lowest BCUT2D eigenvalue weighted by molar-refractivity contribution is -0.877. The smallest absolute Gasteiger partial charge is 0.125 e. The molecular formula is C6H16NOS+. The minimum absolute atomic E-state index is 0.285. The quantitative estimate of drug-likeness (QED) is 0.462. The molecule has 2 nitrogen and oxygen atoms in total. The van der Waals surface area contributed by atoms with Gasteiger partial charge in [-0.3, -0.25) is 0 Å². The van der Waals surface area contributed by atoms with E-state index in [0.29, 0.717) is 0 Å². The summed E-state index contributed by atoms with van der Waals surface area (Å²) in [5.41, 5.74) is 0. The molecule has 0 rings (SSSR count). The van der Waals surface area contributed by atoms with Gasteiger partial charge in [-0.25, -0.2) is 0 Å². The van der Waals surface area contributed by atoms with Crippen LogP contribution in [0.3, 0.4) is 0 Å². The predicted octanol–water partition coefficient (Wildman–Crippen LogP) is 0.376. The maximum Gasteiger partial charge on any atom is 0.125 e. The largest absolute Gasteiger partial charge is 0.391 e. The molecule has 56 valence electrons. The lowest BCUT2D eigenvalue weighted by Gasteiger charge is -2.27. The molecule has 0 aromatic rings. The van der Waals surface area contributed by atoms with Crippen LogP contribution in [0.2, 0.25) is 0 Å². The molecule has 0 aromatic heterocycles. The van der Waals surface area contributed by atoms with Crippen LogP contribution in [0.5, 0.6) is 0 Å². The summed E-state index contributed by atoms with van der Waals surface area (Å²) in [5, 5.41) is 8.60. The van der Waals surface area contributed by atoms with E-state index in [1.165, 1.54) is 0 Å². The Labute approximate surface area is 61.5 Å². The van der Waals surface area contributed by atoms with Crippen molar-refractivity contribution in [2.45, 2.75) is 0 Å². The van der Waals surface area contributed by atoms with Crippen LogP contribution in [0, 0.1) is 0 Å². The van der Waals surface area contributed by atoms with Crippen LogP contribution in [0.15, 0.2) is 0 Å². The molecule has 0 atom stereocenters. The molecule has 0 aliphatic rings. The second-order valence-corrected chi connectivity index (χ2v) is 3.64. The highest BCUT2D eigenvalue weighted by molar-refractivity contribution is 7.98. The van der Waals surface area contributed by atoms with Crippen LogP contribution < -0.4 is 0 Å². The summed E-state index contributed by atoms with van der Waals surface area (Å²) >= 11 is 1.81. The molecule has 0 saturated heterocycles. The topological polar surface area (TPSA) is 20.2 Å². The van der Waals surface area contributed by atoms with Crippen LogP contribution in [-0.2, 0) is 0 Å². The van der Waals surface area contributed by atoms with E-state index in [2.05, 4.69) is 20.4 Å². The van der Waals surface area contributed by atoms with E-state index in [9.17, 15) is 0 Å². The van der Waals surface area contributed by atoms with Crippen molar-refractivity contribution in [2.24, 2.45) is 0 Å². The van der Waals surface area contributed by atoms with Crippen LogP contribution >= 0.6 is 11.8 Å². The summed E-state index contributed by atoms with van der Waals surface area (Å²) in [4.78, 5) is 0. The van der Waals surface area contributed by atoms with Crippen molar-refractivity contribution in [1.82, 2.24) is 0 Å². The number of aliphatic hydroxyl groups excluding tert-OH is 1. The zero-order valence-corrected chi connectivity index (χ0v) is 7.24. The van der Waals surface area contributed by atoms with Crippen molar-refractivity contribution in [1.29, 1.82) is 0 Å². The van der Waals surface area contributed by atoms with Crippen LogP contribution in [0.4, 0.5) is 0 Å². The van der Waals surface area contributed by atoms with Crippen LogP contribution in [0.25, 0.3) is 0 Å². The Kier molecular flexibility index (Phi) is 4.27. The fourth-order valence-electron chi connectivity index (χ4n) is 0.685. The molecule has 0 heterocycles. The third-order valence-corrected chi connectivity index (χ3v) is 2.14. The van der Waals surface area contributed by atoms with Crippen molar-refractivity contribution in [3.05, 3.63) is 0 Å². The average molecular weight is 150 g/mol. The first-order valence-corrected chi connectivity index (χ1v) is 4.43. The Hall–Kier alpha value is 0.270. The van der Waals surface area contributed by atoms with Gasteiger partial charge in [-0.05, 0) is 6.26 Å². The highest BCUT2D eigenvalue weighted by Gasteiger charge is 2.11. The van der Waals surface area contributed by atoms with Crippen LogP contribution in [0.1, 0.15) is 0 Å². The zero-order chi connectivity index (χ0) is 7.33. The normalized spacial score (nSPS) is 12.0. The number of hydrogen-bond acceptors (Lipinski definition) is 2. The maximum atomic E-state index is 8.60. The van der Waals surface area contributed by atoms with Gasteiger partial charge in [0.1, 0.15) is 12.4 Å². The summed E-state index contributed by atoms with van der Waals surface area (Å²) < 4.78 is 0.900. The van der Waals surface area contributed by atoms with Crippen molar-refractivity contribution in [3.8, 4) is 0 Å². The molecule has 0 bridgehead atoms. The molecule has 0 saturated carbocycles. The molecule has 9 heavy (non-hydrogen) atoms. The molecule has 0 amide bonds. The van der Waals surface area contributed by atoms with Gasteiger partial charge < -0.3 is 9.59 Å². The Balaban J connectivity index is 3.43. The number of quaternary nitrogens is 1. The lowest BCUT2D eigenvalue weighted by atomic mass is 10.5. The Morgan fingerprint density at radius 1 is 1.44 bits per heavy atom. The second-order valence-electron chi connectivity index (χ2n) is 2.80. The molecule has 1 N–H and O–H groups in total. The molecule has 0 aliphatic carbocycles. The van der Waals surface area contributed by atoms with E-state index in [4.69, 9.17) is 5.11 Å². The van der Waals surface area contributed by atoms with Gasteiger partial charge in [0, 0.05) is 0 Å². The minimum Gasteiger partial charge on any atom is -0.391 e. The maximum absolute atomic E-state index is 8.60. The van der Waals surface area contributed by atoms with Crippen molar-refractivity contribution in [2.75, 3.05) is 39.4 Å². The van der Waals surface area contributed by atoms with Gasteiger partial charge in [-0.15, -0.1) is 11.8 Å². The number of thioether (sulfide) groups is 1. The molecule has 0 aliphatic heterocycles. The number of nitrogens with zero attached hydrogens (tertiary/aromatic N) is 1. The van der Waals surface area contributed by atoms with Gasteiger partial charge in [0.05, 0.1) is 20.7 Å². The molecule has 3 heteroatoms. The molecule has 0 aromatic carbocycles. The number of aliphatic hydroxyl groups is 1. The van der Waals surface area contributed by atoms with Gasteiger partial charge in [-0.1, -0.05) is 0 Å². The van der Waals surface area contributed by atoms with Crippen molar-refractivity contribution in [3.63, 3.8) is 0 Å². The second kappa shape index (κ2) is 4.14. The fourth-order valence-corrected chi connectivity index (χ4v) is 1.51. The molecular weight excluding hydrogens is 134 g/mol. The molecule has 0 unspecified atom stereocenters. The highest BCUT2D eigenvalue weighted by atomic mass is 32.2. The number of likely N-dealkylation sites (N-methyl/N-ethyl adjacent to an activating group) is 1. The van der Waals surface area contributed by atoms with Crippen molar-refractivity contribution >= 4 is 11.8 Å². The van der Waals surface area contributed by atoms with Gasteiger partial charge >= 0.3 is 0 Å². The van der Waals surface area contributed by atoms with E-state index in [1.54, 1.807) is 0 Å². The number of hydrogen-bond donors (Lipinski definition) is 1. The Bertz CT molecular complexity index is 67.5. The first-order chi connectivity index (χ1) is 4.12. The minimum atomic E-state index is 0.285. The first-order valence-electron chi connectivity index (χ1n) is 3.04.